The maximum atomic E-state index is 13.4. The summed E-state index contributed by atoms with van der Waals surface area (Å²) in [4.78, 5) is 2.57. The molecule has 0 spiro atoms. The summed E-state index contributed by atoms with van der Waals surface area (Å²) in [6.07, 6.45) is 7.90. The predicted molar refractivity (Wildman–Crippen MR) is 84.9 cm³/mol. The number of halogens is 2. The number of likely N-dealkylation sites (tertiary alicyclic amines) is 1. The molecule has 1 saturated heterocycles. The van der Waals surface area contributed by atoms with Crippen LogP contribution in [0, 0.1) is 11.7 Å². The van der Waals surface area contributed by atoms with Gasteiger partial charge in [-0.3, -0.25) is 4.90 Å². The first-order valence-corrected chi connectivity index (χ1v) is 8.49. The third-order valence-electron chi connectivity index (χ3n) is 5.24. The Balaban J connectivity index is 1.85. The van der Waals surface area contributed by atoms with Crippen LogP contribution in [-0.2, 0) is 0 Å². The summed E-state index contributed by atoms with van der Waals surface area (Å²) in [5.41, 5.74) is 7.12. The van der Waals surface area contributed by atoms with Gasteiger partial charge in [-0.2, -0.15) is 0 Å². The summed E-state index contributed by atoms with van der Waals surface area (Å²) in [5, 5.41) is 0.197. The number of piperidine rings is 1. The number of rotatable bonds is 3. The van der Waals surface area contributed by atoms with E-state index in [9.17, 15) is 4.39 Å². The molecule has 2 nitrogen and oxygen atoms in total. The third kappa shape index (κ3) is 3.10. The second-order valence-corrected chi connectivity index (χ2v) is 6.82. The molecule has 4 heteroatoms. The largest absolute Gasteiger partial charge is 0.329 e. The second kappa shape index (κ2) is 6.64. The van der Waals surface area contributed by atoms with Crippen LogP contribution < -0.4 is 5.73 Å². The van der Waals surface area contributed by atoms with Crippen LogP contribution in [-0.4, -0.2) is 24.0 Å². The lowest BCUT2D eigenvalue weighted by atomic mass is 9.77. The first-order chi connectivity index (χ1) is 10.2. The minimum Gasteiger partial charge on any atom is -0.329 e. The number of hydrogen-bond acceptors (Lipinski definition) is 2. The average Bonchev–Trinajstić information content (AvgIpc) is 2.52. The van der Waals surface area contributed by atoms with Gasteiger partial charge in [0.2, 0.25) is 0 Å². The monoisotopic (exact) mass is 310 g/mol. The molecule has 0 aromatic heterocycles. The molecule has 1 unspecified atom stereocenters. The smallest absolute Gasteiger partial charge is 0.141 e. The van der Waals surface area contributed by atoms with E-state index < -0.39 is 0 Å². The molecule has 1 saturated carbocycles. The zero-order chi connectivity index (χ0) is 14.8. The summed E-state index contributed by atoms with van der Waals surface area (Å²) < 4.78 is 13.4. The van der Waals surface area contributed by atoms with Gasteiger partial charge in [0.25, 0.3) is 0 Å². The lowest BCUT2D eigenvalue weighted by Crippen LogP contribution is -2.49. The highest BCUT2D eigenvalue weighted by Crippen LogP contribution is 2.39. The van der Waals surface area contributed by atoms with E-state index in [-0.39, 0.29) is 16.9 Å². The summed E-state index contributed by atoms with van der Waals surface area (Å²) in [6.45, 7) is 1.66. The topological polar surface area (TPSA) is 29.3 Å². The van der Waals surface area contributed by atoms with E-state index in [2.05, 4.69) is 4.90 Å². The van der Waals surface area contributed by atoms with E-state index in [1.165, 1.54) is 44.6 Å². The van der Waals surface area contributed by atoms with Crippen molar-refractivity contribution in [3.63, 3.8) is 0 Å². The quantitative estimate of drug-likeness (QED) is 0.909. The fourth-order valence-corrected chi connectivity index (χ4v) is 4.42. The van der Waals surface area contributed by atoms with E-state index >= 15 is 0 Å². The van der Waals surface area contributed by atoms with Crippen LogP contribution in [0.5, 0.6) is 0 Å². The molecule has 0 radical (unpaired) electrons. The number of benzene rings is 1. The van der Waals surface area contributed by atoms with Crippen LogP contribution in [0.2, 0.25) is 5.02 Å². The minimum absolute atomic E-state index is 0.161. The molecule has 3 atom stereocenters. The van der Waals surface area contributed by atoms with Gasteiger partial charge in [0.15, 0.2) is 0 Å². The molecule has 116 valence electrons. The number of hydrogen-bond donors (Lipinski definition) is 1. The molecule has 2 fully saturated rings. The van der Waals surface area contributed by atoms with E-state index in [1.54, 1.807) is 6.07 Å². The number of nitrogens with zero attached hydrogens (tertiary/aromatic N) is 1. The van der Waals surface area contributed by atoms with Crippen molar-refractivity contribution in [2.45, 2.75) is 50.6 Å². The SMILES string of the molecule is NCC(c1ccc(F)c(Cl)c1)N1CCC[C@H]2CCCC[C@H]21. The number of fused-ring (bicyclic) bond motifs is 1. The van der Waals surface area contributed by atoms with Crippen LogP contribution in [0.3, 0.4) is 0 Å². The summed E-state index contributed by atoms with van der Waals surface area (Å²) >= 11 is 5.96. The van der Waals surface area contributed by atoms with Gasteiger partial charge in [-0.15, -0.1) is 0 Å². The Morgan fingerprint density at radius 2 is 2.00 bits per heavy atom. The lowest BCUT2D eigenvalue weighted by Gasteiger charge is -2.47. The minimum atomic E-state index is -0.356. The molecule has 0 bridgehead atoms. The number of nitrogens with two attached hydrogens (primary N) is 1. The Hall–Kier alpha value is -0.640. The first-order valence-electron chi connectivity index (χ1n) is 8.11. The third-order valence-corrected chi connectivity index (χ3v) is 5.53. The molecule has 1 aromatic rings. The van der Waals surface area contributed by atoms with Crippen LogP contribution >= 0.6 is 11.6 Å². The van der Waals surface area contributed by atoms with Gasteiger partial charge in [0.1, 0.15) is 5.82 Å². The molecule has 1 aliphatic carbocycles. The van der Waals surface area contributed by atoms with Gasteiger partial charge in [0.05, 0.1) is 5.02 Å². The highest BCUT2D eigenvalue weighted by atomic mass is 35.5. The average molecular weight is 311 g/mol. The fraction of sp³-hybridized carbons (Fsp3) is 0.647. The molecule has 1 heterocycles. The Labute approximate surface area is 131 Å². The van der Waals surface area contributed by atoms with Crippen molar-refractivity contribution in [1.82, 2.24) is 4.90 Å². The summed E-state index contributed by atoms with van der Waals surface area (Å²) in [5.74, 6) is 0.461. The predicted octanol–water partition coefficient (Wildman–Crippen LogP) is 4.13. The van der Waals surface area contributed by atoms with Crippen LogP contribution in [0.1, 0.15) is 50.1 Å². The second-order valence-electron chi connectivity index (χ2n) is 6.42. The maximum absolute atomic E-state index is 13.4. The standard InChI is InChI=1S/C17H24ClFN2/c18-14-10-13(7-8-15(14)19)17(11-20)21-9-3-5-12-4-1-2-6-16(12)21/h7-8,10,12,16-17H,1-6,9,11,20H2/t12-,16-,17?/m1/s1. The van der Waals surface area contributed by atoms with Crippen LogP contribution in [0.15, 0.2) is 18.2 Å². The van der Waals surface area contributed by atoms with Gasteiger partial charge < -0.3 is 5.73 Å². The highest BCUT2D eigenvalue weighted by molar-refractivity contribution is 6.30. The van der Waals surface area contributed by atoms with E-state index in [0.717, 1.165) is 18.0 Å². The van der Waals surface area contributed by atoms with Crippen molar-refractivity contribution < 1.29 is 4.39 Å². The van der Waals surface area contributed by atoms with Crippen molar-refractivity contribution in [3.8, 4) is 0 Å². The molecule has 21 heavy (non-hydrogen) atoms. The van der Waals surface area contributed by atoms with Gasteiger partial charge in [0, 0.05) is 18.6 Å². The lowest BCUT2D eigenvalue weighted by molar-refractivity contribution is 0.0276. The summed E-state index contributed by atoms with van der Waals surface area (Å²) in [6, 6.07) is 5.85. The molecule has 0 amide bonds. The van der Waals surface area contributed by atoms with Crippen LogP contribution in [0.4, 0.5) is 4.39 Å². The molecule has 3 rings (SSSR count). The zero-order valence-corrected chi connectivity index (χ0v) is 13.2. The Morgan fingerprint density at radius 3 is 2.76 bits per heavy atom. The molecule has 1 aromatic carbocycles. The maximum Gasteiger partial charge on any atom is 0.141 e. The molecule has 2 aliphatic rings. The normalized spacial score (nSPS) is 28.1. The Bertz CT molecular complexity index is 492. The van der Waals surface area contributed by atoms with Crippen molar-refractivity contribution in [2.24, 2.45) is 11.7 Å². The molecule has 2 N–H and O–H groups in total. The Kier molecular flexibility index (Phi) is 4.82. The molecular formula is C17H24ClFN2. The van der Waals surface area contributed by atoms with Crippen molar-refractivity contribution in [1.29, 1.82) is 0 Å². The van der Waals surface area contributed by atoms with Gasteiger partial charge in [-0.25, -0.2) is 4.39 Å². The van der Waals surface area contributed by atoms with Gasteiger partial charge in [-0.05, 0) is 55.8 Å². The van der Waals surface area contributed by atoms with Gasteiger partial charge >= 0.3 is 0 Å². The van der Waals surface area contributed by atoms with Crippen molar-refractivity contribution in [3.05, 3.63) is 34.6 Å². The van der Waals surface area contributed by atoms with Crippen LogP contribution in [0.25, 0.3) is 0 Å². The van der Waals surface area contributed by atoms with E-state index in [0.29, 0.717) is 12.6 Å². The molecular weight excluding hydrogens is 287 g/mol. The zero-order valence-electron chi connectivity index (χ0n) is 12.4. The van der Waals surface area contributed by atoms with E-state index in [4.69, 9.17) is 17.3 Å². The highest BCUT2D eigenvalue weighted by Gasteiger charge is 2.36. The Morgan fingerprint density at radius 1 is 1.24 bits per heavy atom. The molecule has 1 aliphatic heterocycles. The first kappa shape index (κ1) is 15.3. The summed E-state index contributed by atoms with van der Waals surface area (Å²) in [7, 11) is 0. The van der Waals surface area contributed by atoms with Gasteiger partial charge in [-0.1, -0.05) is 30.5 Å². The van der Waals surface area contributed by atoms with Crippen molar-refractivity contribution >= 4 is 11.6 Å². The fourth-order valence-electron chi connectivity index (χ4n) is 4.23. The van der Waals surface area contributed by atoms with Crippen molar-refractivity contribution in [2.75, 3.05) is 13.1 Å². The van der Waals surface area contributed by atoms with E-state index in [1.807, 2.05) is 6.07 Å².